The molecule has 0 aliphatic rings. The predicted molar refractivity (Wildman–Crippen MR) is 56.2 cm³/mol. The van der Waals surface area contributed by atoms with Crippen molar-refractivity contribution in [3.63, 3.8) is 0 Å². The standard InChI is InChI=1S/C11H18N2O/c1-2-3-4-5-6-7-10-8-12-11(14)13-9-10/h8-9H,2-7H2,1H3,(H,12,13,14). The molecule has 0 aromatic carbocycles. The maximum atomic E-state index is 8.88. The van der Waals surface area contributed by atoms with Gasteiger partial charge in [-0.2, -0.15) is 0 Å². The van der Waals surface area contributed by atoms with Gasteiger partial charge in [0.2, 0.25) is 0 Å². The Labute approximate surface area is 85.2 Å². The first-order valence-corrected chi connectivity index (χ1v) is 5.33. The van der Waals surface area contributed by atoms with Crippen molar-refractivity contribution < 1.29 is 5.11 Å². The summed E-state index contributed by atoms with van der Waals surface area (Å²) < 4.78 is 0. The minimum atomic E-state index is -0.139. The van der Waals surface area contributed by atoms with E-state index in [1.165, 1.54) is 32.1 Å². The molecule has 1 N–H and O–H groups in total. The van der Waals surface area contributed by atoms with Gasteiger partial charge < -0.3 is 5.11 Å². The lowest BCUT2D eigenvalue weighted by atomic mass is 10.1. The fourth-order valence-corrected chi connectivity index (χ4v) is 1.41. The third-order valence-electron chi connectivity index (χ3n) is 2.26. The zero-order chi connectivity index (χ0) is 10.2. The minimum absolute atomic E-state index is 0.139. The molecule has 0 aliphatic heterocycles. The molecule has 0 aliphatic carbocycles. The highest BCUT2D eigenvalue weighted by Crippen LogP contribution is 2.08. The number of rotatable bonds is 6. The maximum Gasteiger partial charge on any atom is 0.313 e. The zero-order valence-electron chi connectivity index (χ0n) is 8.74. The van der Waals surface area contributed by atoms with E-state index in [1.54, 1.807) is 12.4 Å². The van der Waals surface area contributed by atoms with Crippen molar-refractivity contribution in [1.82, 2.24) is 9.97 Å². The van der Waals surface area contributed by atoms with Gasteiger partial charge in [-0.15, -0.1) is 0 Å². The Bertz CT molecular complexity index is 246. The van der Waals surface area contributed by atoms with Gasteiger partial charge in [0.05, 0.1) is 0 Å². The number of nitrogens with zero attached hydrogens (tertiary/aromatic N) is 2. The smallest absolute Gasteiger partial charge is 0.313 e. The van der Waals surface area contributed by atoms with Gasteiger partial charge in [0.1, 0.15) is 0 Å². The van der Waals surface area contributed by atoms with Gasteiger partial charge in [0.15, 0.2) is 0 Å². The van der Waals surface area contributed by atoms with E-state index in [1.807, 2.05) is 0 Å². The monoisotopic (exact) mass is 194 g/mol. The van der Waals surface area contributed by atoms with E-state index in [9.17, 15) is 0 Å². The quantitative estimate of drug-likeness (QED) is 0.708. The molecule has 0 fully saturated rings. The highest BCUT2D eigenvalue weighted by Gasteiger charge is 1.95. The van der Waals surface area contributed by atoms with Gasteiger partial charge >= 0.3 is 6.01 Å². The van der Waals surface area contributed by atoms with Crippen molar-refractivity contribution in [2.45, 2.75) is 45.4 Å². The second-order valence-corrected chi connectivity index (χ2v) is 3.56. The summed E-state index contributed by atoms with van der Waals surface area (Å²) in [5.41, 5.74) is 1.11. The molecule has 0 radical (unpaired) electrons. The highest BCUT2D eigenvalue weighted by atomic mass is 16.3. The molecule has 0 unspecified atom stereocenters. The minimum Gasteiger partial charge on any atom is -0.479 e. The Balaban J connectivity index is 2.15. The lowest BCUT2D eigenvalue weighted by molar-refractivity contribution is 0.429. The molecule has 78 valence electrons. The maximum absolute atomic E-state index is 8.88. The summed E-state index contributed by atoms with van der Waals surface area (Å²) in [5.74, 6) is 0. The van der Waals surface area contributed by atoms with Crippen LogP contribution < -0.4 is 0 Å². The molecule has 1 heterocycles. The lowest BCUT2D eigenvalue weighted by Gasteiger charge is -2.00. The fourth-order valence-electron chi connectivity index (χ4n) is 1.41. The van der Waals surface area contributed by atoms with Gasteiger partial charge in [0, 0.05) is 12.4 Å². The van der Waals surface area contributed by atoms with Crippen LogP contribution >= 0.6 is 0 Å². The molecule has 3 heteroatoms. The van der Waals surface area contributed by atoms with Crippen LogP contribution in [0.4, 0.5) is 0 Å². The Morgan fingerprint density at radius 1 is 1.07 bits per heavy atom. The molecule has 1 aromatic rings. The van der Waals surface area contributed by atoms with Crippen molar-refractivity contribution in [3.8, 4) is 6.01 Å². The first-order valence-electron chi connectivity index (χ1n) is 5.33. The first kappa shape index (κ1) is 11.0. The molecule has 0 spiro atoms. The average molecular weight is 194 g/mol. The summed E-state index contributed by atoms with van der Waals surface area (Å²) in [6.45, 7) is 2.22. The van der Waals surface area contributed by atoms with Crippen molar-refractivity contribution in [3.05, 3.63) is 18.0 Å². The zero-order valence-corrected chi connectivity index (χ0v) is 8.74. The summed E-state index contributed by atoms with van der Waals surface area (Å²) in [4.78, 5) is 7.48. The van der Waals surface area contributed by atoms with Crippen LogP contribution in [0.3, 0.4) is 0 Å². The second kappa shape index (κ2) is 6.35. The van der Waals surface area contributed by atoms with E-state index in [0.29, 0.717) is 0 Å². The fraction of sp³-hybridized carbons (Fsp3) is 0.636. The topological polar surface area (TPSA) is 46.0 Å². The predicted octanol–water partition coefficient (Wildman–Crippen LogP) is 2.70. The summed E-state index contributed by atoms with van der Waals surface area (Å²) in [6, 6.07) is -0.139. The Hall–Kier alpha value is -1.12. The summed E-state index contributed by atoms with van der Waals surface area (Å²) >= 11 is 0. The van der Waals surface area contributed by atoms with Crippen molar-refractivity contribution >= 4 is 0 Å². The number of aromatic nitrogens is 2. The van der Waals surface area contributed by atoms with Gasteiger partial charge in [-0.05, 0) is 18.4 Å². The summed E-state index contributed by atoms with van der Waals surface area (Å²) in [7, 11) is 0. The van der Waals surface area contributed by atoms with Crippen LogP contribution in [-0.4, -0.2) is 15.1 Å². The molecule has 14 heavy (non-hydrogen) atoms. The lowest BCUT2D eigenvalue weighted by Crippen LogP contribution is -1.89. The number of hydrogen-bond donors (Lipinski definition) is 1. The molecule has 0 saturated heterocycles. The van der Waals surface area contributed by atoms with E-state index in [0.717, 1.165) is 12.0 Å². The molecular formula is C11H18N2O. The van der Waals surface area contributed by atoms with Crippen molar-refractivity contribution in [2.75, 3.05) is 0 Å². The number of hydrogen-bond acceptors (Lipinski definition) is 3. The molecule has 0 saturated carbocycles. The van der Waals surface area contributed by atoms with Crippen LogP contribution in [0, 0.1) is 0 Å². The van der Waals surface area contributed by atoms with Crippen molar-refractivity contribution in [2.24, 2.45) is 0 Å². The van der Waals surface area contributed by atoms with Gasteiger partial charge in [-0.3, -0.25) is 0 Å². The van der Waals surface area contributed by atoms with Gasteiger partial charge in [-0.25, -0.2) is 9.97 Å². The molecule has 1 aromatic heterocycles. The highest BCUT2D eigenvalue weighted by molar-refractivity contribution is 5.06. The second-order valence-electron chi connectivity index (χ2n) is 3.56. The van der Waals surface area contributed by atoms with Crippen LogP contribution in [0.25, 0.3) is 0 Å². The third-order valence-corrected chi connectivity index (χ3v) is 2.26. The van der Waals surface area contributed by atoms with Crippen LogP contribution in [0.5, 0.6) is 6.01 Å². The molecular weight excluding hydrogens is 176 g/mol. The van der Waals surface area contributed by atoms with E-state index in [4.69, 9.17) is 5.11 Å². The summed E-state index contributed by atoms with van der Waals surface area (Å²) in [6.07, 6.45) is 10.8. The number of aromatic hydroxyl groups is 1. The van der Waals surface area contributed by atoms with E-state index >= 15 is 0 Å². The van der Waals surface area contributed by atoms with Crippen LogP contribution in [0.2, 0.25) is 0 Å². The average Bonchev–Trinajstić information content (AvgIpc) is 2.21. The van der Waals surface area contributed by atoms with E-state index < -0.39 is 0 Å². The van der Waals surface area contributed by atoms with Gasteiger partial charge in [-0.1, -0.05) is 32.6 Å². The van der Waals surface area contributed by atoms with Gasteiger partial charge in [0.25, 0.3) is 0 Å². The normalized spacial score (nSPS) is 10.4. The first-order chi connectivity index (χ1) is 6.83. The largest absolute Gasteiger partial charge is 0.479 e. The SMILES string of the molecule is CCCCCCCc1cnc(O)nc1. The van der Waals surface area contributed by atoms with E-state index in [2.05, 4.69) is 16.9 Å². The Morgan fingerprint density at radius 2 is 1.71 bits per heavy atom. The molecule has 1 rings (SSSR count). The molecule has 0 bridgehead atoms. The van der Waals surface area contributed by atoms with Crippen LogP contribution in [-0.2, 0) is 6.42 Å². The summed E-state index contributed by atoms with van der Waals surface area (Å²) in [5, 5.41) is 8.88. The van der Waals surface area contributed by atoms with Crippen LogP contribution in [0.1, 0.15) is 44.6 Å². The van der Waals surface area contributed by atoms with Crippen molar-refractivity contribution in [1.29, 1.82) is 0 Å². The number of aryl methyl sites for hydroxylation is 1. The third kappa shape index (κ3) is 4.21. The Kier molecular flexibility index (Phi) is 4.97. The number of unbranched alkanes of at least 4 members (excludes halogenated alkanes) is 4. The van der Waals surface area contributed by atoms with E-state index in [-0.39, 0.29) is 6.01 Å². The Morgan fingerprint density at radius 3 is 2.36 bits per heavy atom. The molecule has 3 nitrogen and oxygen atoms in total. The molecule has 0 atom stereocenters. The van der Waals surface area contributed by atoms with Crippen LogP contribution in [0.15, 0.2) is 12.4 Å². The molecule has 0 amide bonds.